The first kappa shape index (κ1) is 12.5. The molecule has 88 valence electrons. The maximum Gasteiger partial charge on any atom is 0.220 e. The van der Waals surface area contributed by atoms with Gasteiger partial charge in [0.25, 0.3) is 0 Å². The zero-order chi connectivity index (χ0) is 11.3. The Balaban J connectivity index is 2.17. The number of carbonyl (C=O) groups is 1. The van der Waals surface area contributed by atoms with Gasteiger partial charge >= 0.3 is 0 Å². The van der Waals surface area contributed by atoms with Crippen molar-refractivity contribution in [1.29, 1.82) is 0 Å². The van der Waals surface area contributed by atoms with Crippen molar-refractivity contribution in [3.63, 3.8) is 0 Å². The van der Waals surface area contributed by atoms with Crippen molar-refractivity contribution in [1.82, 2.24) is 5.32 Å². The van der Waals surface area contributed by atoms with Crippen molar-refractivity contribution in [3.8, 4) is 0 Å². The summed E-state index contributed by atoms with van der Waals surface area (Å²) < 4.78 is 5.16. The van der Waals surface area contributed by atoms with E-state index >= 15 is 0 Å². The molecule has 0 aliphatic heterocycles. The highest BCUT2D eigenvalue weighted by Crippen LogP contribution is 2.23. The Morgan fingerprint density at radius 2 is 2.07 bits per heavy atom. The highest BCUT2D eigenvalue weighted by molar-refractivity contribution is 5.76. The molecule has 0 aromatic carbocycles. The first-order chi connectivity index (χ1) is 7.13. The Morgan fingerprint density at radius 3 is 2.53 bits per heavy atom. The molecule has 1 aliphatic rings. The van der Waals surface area contributed by atoms with E-state index in [9.17, 15) is 4.79 Å². The van der Waals surface area contributed by atoms with Crippen molar-refractivity contribution < 1.29 is 9.53 Å². The van der Waals surface area contributed by atoms with Gasteiger partial charge < -0.3 is 15.8 Å². The van der Waals surface area contributed by atoms with Gasteiger partial charge in [-0.25, -0.2) is 0 Å². The van der Waals surface area contributed by atoms with Crippen LogP contribution in [0.25, 0.3) is 0 Å². The average Bonchev–Trinajstić information content (AvgIpc) is 2.26. The third-order valence-corrected chi connectivity index (χ3v) is 3.23. The molecule has 0 radical (unpaired) electrons. The van der Waals surface area contributed by atoms with E-state index in [1.807, 2.05) is 6.92 Å². The lowest BCUT2D eigenvalue weighted by Crippen LogP contribution is -2.39. The smallest absolute Gasteiger partial charge is 0.220 e. The van der Waals surface area contributed by atoms with Crippen LogP contribution in [-0.2, 0) is 9.53 Å². The van der Waals surface area contributed by atoms with E-state index in [2.05, 4.69) is 5.32 Å². The SMILES string of the molecule is COC(C)CNC1CCC(C(N)=O)CC1. The van der Waals surface area contributed by atoms with Crippen molar-refractivity contribution in [2.45, 2.75) is 44.8 Å². The molecule has 0 aromatic heterocycles. The molecular weight excluding hydrogens is 192 g/mol. The number of hydrogen-bond donors (Lipinski definition) is 2. The molecule has 0 bridgehead atoms. The number of nitrogens with two attached hydrogens (primary N) is 1. The molecule has 1 rings (SSSR count). The largest absolute Gasteiger partial charge is 0.380 e. The maximum absolute atomic E-state index is 11.0. The Bertz CT molecular complexity index is 201. The van der Waals surface area contributed by atoms with E-state index in [4.69, 9.17) is 10.5 Å². The molecular formula is C11H22N2O2. The van der Waals surface area contributed by atoms with Crippen molar-refractivity contribution in [3.05, 3.63) is 0 Å². The van der Waals surface area contributed by atoms with Crippen LogP contribution in [0.1, 0.15) is 32.6 Å². The molecule has 1 aliphatic carbocycles. The van der Waals surface area contributed by atoms with Gasteiger partial charge in [-0.1, -0.05) is 0 Å². The topological polar surface area (TPSA) is 64.3 Å². The molecule has 0 heterocycles. The Hall–Kier alpha value is -0.610. The summed E-state index contributed by atoms with van der Waals surface area (Å²) in [6.07, 6.45) is 4.19. The fourth-order valence-electron chi connectivity index (χ4n) is 2.00. The number of amides is 1. The molecule has 4 nitrogen and oxygen atoms in total. The van der Waals surface area contributed by atoms with Crippen LogP contribution in [-0.4, -0.2) is 31.7 Å². The van der Waals surface area contributed by atoms with Gasteiger partial charge in [0.15, 0.2) is 0 Å². The quantitative estimate of drug-likeness (QED) is 0.706. The average molecular weight is 214 g/mol. The van der Waals surface area contributed by atoms with Gasteiger partial charge in [-0.3, -0.25) is 4.79 Å². The normalized spacial score (nSPS) is 28.7. The fraction of sp³-hybridized carbons (Fsp3) is 0.909. The molecule has 1 amide bonds. The van der Waals surface area contributed by atoms with Gasteiger partial charge in [0.2, 0.25) is 5.91 Å². The summed E-state index contributed by atoms with van der Waals surface area (Å²) in [5.41, 5.74) is 5.28. The Morgan fingerprint density at radius 1 is 1.47 bits per heavy atom. The lowest BCUT2D eigenvalue weighted by Gasteiger charge is -2.28. The second kappa shape index (κ2) is 6.08. The molecule has 4 heteroatoms. The number of ether oxygens (including phenoxy) is 1. The highest BCUT2D eigenvalue weighted by Gasteiger charge is 2.24. The van der Waals surface area contributed by atoms with E-state index in [1.54, 1.807) is 7.11 Å². The van der Waals surface area contributed by atoms with E-state index < -0.39 is 0 Å². The summed E-state index contributed by atoms with van der Waals surface area (Å²) in [5, 5.41) is 3.45. The Kier molecular flexibility index (Phi) is 5.05. The summed E-state index contributed by atoms with van der Waals surface area (Å²) >= 11 is 0. The second-order valence-corrected chi connectivity index (χ2v) is 4.41. The molecule has 0 saturated heterocycles. The van der Waals surface area contributed by atoms with Gasteiger partial charge in [0, 0.05) is 25.6 Å². The highest BCUT2D eigenvalue weighted by atomic mass is 16.5. The second-order valence-electron chi connectivity index (χ2n) is 4.41. The van der Waals surface area contributed by atoms with E-state index in [0.29, 0.717) is 6.04 Å². The zero-order valence-corrected chi connectivity index (χ0v) is 9.66. The molecule has 3 N–H and O–H groups in total. The van der Waals surface area contributed by atoms with E-state index in [1.165, 1.54) is 0 Å². The third-order valence-electron chi connectivity index (χ3n) is 3.23. The monoisotopic (exact) mass is 214 g/mol. The minimum absolute atomic E-state index is 0.0999. The summed E-state index contributed by atoms with van der Waals surface area (Å²) in [4.78, 5) is 11.0. The summed E-state index contributed by atoms with van der Waals surface area (Å²) in [5.74, 6) is -0.0402. The van der Waals surface area contributed by atoms with Crippen molar-refractivity contribution >= 4 is 5.91 Å². The standard InChI is InChI=1S/C11H22N2O2/c1-8(15-2)7-13-10-5-3-9(4-6-10)11(12)14/h8-10,13H,3-7H2,1-2H3,(H2,12,14). The maximum atomic E-state index is 11.0. The molecule has 1 unspecified atom stereocenters. The number of rotatable bonds is 5. The summed E-state index contributed by atoms with van der Waals surface area (Å²) in [6, 6.07) is 0.526. The van der Waals surface area contributed by atoms with Crippen LogP contribution in [0.4, 0.5) is 0 Å². The molecule has 1 saturated carbocycles. The lowest BCUT2D eigenvalue weighted by atomic mass is 9.85. The summed E-state index contributed by atoms with van der Waals surface area (Å²) in [7, 11) is 1.72. The minimum atomic E-state index is -0.140. The molecule has 1 fully saturated rings. The van der Waals surface area contributed by atoms with Crippen LogP contribution in [0, 0.1) is 5.92 Å². The van der Waals surface area contributed by atoms with Gasteiger partial charge in [-0.15, -0.1) is 0 Å². The van der Waals surface area contributed by atoms with Crippen LogP contribution >= 0.6 is 0 Å². The first-order valence-electron chi connectivity index (χ1n) is 5.69. The van der Waals surface area contributed by atoms with Crippen LogP contribution in [0.5, 0.6) is 0 Å². The Labute approximate surface area is 91.5 Å². The van der Waals surface area contributed by atoms with Crippen LogP contribution in [0.2, 0.25) is 0 Å². The molecule has 1 atom stereocenters. The van der Waals surface area contributed by atoms with Crippen LogP contribution < -0.4 is 11.1 Å². The van der Waals surface area contributed by atoms with Crippen LogP contribution in [0.3, 0.4) is 0 Å². The first-order valence-corrected chi connectivity index (χ1v) is 5.69. The number of nitrogens with one attached hydrogen (secondary N) is 1. The fourth-order valence-corrected chi connectivity index (χ4v) is 2.00. The predicted octanol–water partition coefficient (Wildman–Crippen LogP) is 0.655. The summed E-state index contributed by atoms with van der Waals surface area (Å²) in [6.45, 7) is 2.92. The number of primary amides is 1. The van der Waals surface area contributed by atoms with E-state index in [-0.39, 0.29) is 17.9 Å². The minimum Gasteiger partial charge on any atom is -0.380 e. The zero-order valence-electron chi connectivity index (χ0n) is 9.66. The predicted molar refractivity (Wildman–Crippen MR) is 59.4 cm³/mol. The van der Waals surface area contributed by atoms with Crippen LogP contribution in [0.15, 0.2) is 0 Å². The number of methoxy groups -OCH3 is 1. The van der Waals surface area contributed by atoms with Gasteiger partial charge in [-0.2, -0.15) is 0 Å². The van der Waals surface area contributed by atoms with Crippen molar-refractivity contribution in [2.75, 3.05) is 13.7 Å². The number of hydrogen-bond acceptors (Lipinski definition) is 3. The van der Waals surface area contributed by atoms with Gasteiger partial charge in [0.1, 0.15) is 0 Å². The van der Waals surface area contributed by atoms with Crippen molar-refractivity contribution in [2.24, 2.45) is 11.7 Å². The third kappa shape index (κ3) is 4.18. The molecule has 0 aromatic rings. The molecule has 0 spiro atoms. The molecule has 15 heavy (non-hydrogen) atoms. The lowest BCUT2D eigenvalue weighted by molar-refractivity contribution is -0.122. The number of carbonyl (C=O) groups excluding carboxylic acids is 1. The van der Waals surface area contributed by atoms with E-state index in [0.717, 1.165) is 32.2 Å². The van der Waals surface area contributed by atoms with Gasteiger partial charge in [-0.05, 0) is 32.6 Å². The van der Waals surface area contributed by atoms with Gasteiger partial charge in [0.05, 0.1) is 6.10 Å².